The van der Waals surface area contributed by atoms with Crippen LogP contribution in [0.3, 0.4) is 0 Å². The first-order valence-electron chi connectivity index (χ1n) is 4.83. The fraction of sp³-hybridized carbons (Fsp3) is 0.444. The zero-order valence-corrected chi connectivity index (χ0v) is 10.2. The number of nitrogen functional groups attached to an aromatic ring is 1. The first kappa shape index (κ1) is 12.7. The molecule has 6 nitrogen and oxygen atoms in total. The summed E-state index contributed by atoms with van der Waals surface area (Å²) in [5.74, 6) is 0.0257. The van der Waals surface area contributed by atoms with Crippen LogP contribution in [0.15, 0.2) is 23.7 Å². The molecule has 90 valence electrons. The highest BCUT2D eigenvalue weighted by atomic mass is 32.2. The molecule has 0 saturated carbocycles. The minimum absolute atomic E-state index is 0.0257. The molecule has 0 radical (unpaired) electrons. The number of anilines is 1. The number of likely N-dealkylation sites (N-methyl/N-ethyl adjacent to an activating group) is 1. The van der Waals surface area contributed by atoms with Crippen LogP contribution in [0.2, 0.25) is 0 Å². The van der Waals surface area contributed by atoms with E-state index in [9.17, 15) is 8.42 Å². The standard InChI is InChI=1S/C9H16N4O2S/c1-4-6-12(3)16(14,15)8-7-13(5-2)11-9(8)10/h4,7H,1,5-6H2,2-3H3,(H2,10,11). The van der Waals surface area contributed by atoms with Crippen molar-refractivity contribution in [3.63, 3.8) is 0 Å². The Hall–Kier alpha value is -1.34. The maximum atomic E-state index is 12.0. The van der Waals surface area contributed by atoms with Gasteiger partial charge in [-0.3, -0.25) is 4.68 Å². The Balaban J connectivity index is 3.16. The Bertz CT molecular complexity index is 478. The Morgan fingerprint density at radius 2 is 2.31 bits per heavy atom. The third-order valence-electron chi connectivity index (χ3n) is 2.15. The Morgan fingerprint density at radius 3 is 2.75 bits per heavy atom. The van der Waals surface area contributed by atoms with E-state index in [-0.39, 0.29) is 17.3 Å². The molecule has 0 bridgehead atoms. The van der Waals surface area contributed by atoms with Crippen LogP contribution in [0.1, 0.15) is 6.92 Å². The molecule has 1 aromatic rings. The van der Waals surface area contributed by atoms with Gasteiger partial charge in [-0.05, 0) is 6.92 Å². The van der Waals surface area contributed by atoms with Crippen molar-refractivity contribution in [1.82, 2.24) is 14.1 Å². The number of hydrogen-bond acceptors (Lipinski definition) is 4. The van der Waals surface area contributed by atoms with E-state index in [4.69, 9.17) is 5.73 Å². The van der Waals surface area contributed by atoms with Gasteiger partial charge in [-0.1, -0.05) is 6.08 Å². The molecule has 1 aromatic heterocycles. The first-order chi connectivity index (χ1) is 7.43. The number of aryl methyl sites for hydroxylation is 1. The quantitative estimate of drug-likeness (QED) is 0.755. The van der Waals surface area contributed by atoms with E-state index in [2.05, 4.69) is 11.7 Å². The summed E-state index contributed by atoms with van der Waals surface area (Å²) in [7, 11) is -2.10. The summed E-state index contributed by atoms with van der Waals surface area (Å²) >= 11 is 0. The molecule has 7 heteroatoms. The zero-order chi connectivity index (χ0) is 12.3. The minimum atomic E-state index is -3.57. The summed E-state index contributed by atoms with van der Waals surface area (Å²) in [6.45, 7) is 6.16. The zero-order valence-electron chi connectivity index (χ0n) is 9.42. The van der Waals surface area contributed by atoms with Gasteiger partial charge in [0.1, 0.15) is 4.90 Å². The second-order valence-corrected chi connectivity index (χ2v) is 5.32. The number of hydrogen-bond donors (Lipinski definition) is 1. The first-order valence-corrected chi connectivity index (χ1v) is 6.27. The highest BCUT2D eigenvalue weighted by Crippen LogP contribution is 2.19. The highest BCUT2D eigenvalue weighted by Gasteiger charge is 2.24. The minimum Gasteiger partial charge on any atom is -0.381 e. The van der Waals surface area contributed by atoms with Gasteiger partial charge in [0, 0.05) is 26.3 Å². The van der Waals surface area contributed by atoms with Crippen molar-refractivity contribution in [2.24, 2.45) is 0 Å². The maximum Gasteiger partial charge on any atom is 0.248 e. The molecule has 0 fully saturated rings. The maximum absolute atomic E-state index is 12.0. The van der Waals surface area contributed by atoms with Crippen LogP contribution in [0, 0.1) is 0 Å². The fourth-order valence-corrected chi connectivity index (χ4v) is 2.42. The molecular formula is C9H16N4O2S. The van der Waals surface area contributed by atoms with Crippen molar-refractivity contribution >= 4 is 15.8 Å². The van der Waals surface area contributed by atoms with Crippen molar-refractivity contribution in [2.45, 2.75) is 18.4 Å². The van der Waals surface area contributed by atoms with Gasteiger partial charge in [-0.15, -0.1) is 6.58 Å². The molecule has 0 unspecified atom stereocenters. The molecule has 0 aliphatic heterocycles. The third kappa shape index (κ3) is 2.25. The second-order valence-electron chi connectivity index (χ2n) is 3.31. The summed E-state index contributed by atoms with van der Waals surface area (Å²) in [6.07, 6.45) is 2.95. The van der Waals surface area contributed by atoms with Crippen molar-refractivity contribution in [3.8, 4) is 0 Å². The van der Waals surface area contributed by atoms with E-state index in [1.54, 1.807) is 0 Å². The van der Waals surface area contributed by atoms with E-state index < -0.39 is 10.0 Å². The van der Waals surface area contributed by atoms with Gasteiger partial charge in [0.2, 0.25) is 10.0 Å². The van der Waals surface area contributed by atoms with Gasteiger partial charge < -0.3 is 5.73 Å². The smallest absolute Gasteiger partial charge is 0.248 e. The van der Waals surface area contributed by atoms with E-state index >= 15 is 0 Å². The molecule has 0 aromatic carbocycles. The van der Waals surface area contributed by atoms with Crippen LogP contribution >= 0.6 is 0 Å². The van der Waals surface area contributed by atoms with Crippen LogP contribution in [-0.2, 0) is 16.6 Å². The van der Waals surface area contributed by atoms with Crippen molar-refractivity contribution in [1.29, 1.82) is 0 Å². The van der Waals surface area contributed by atoms with Gasteiger partial charge >= 0.3 is 0 Å². The Morgan fingerprint density at radius 1 is 1.69 bits per heavy atom. The average molecular weight is 244 g/mol. The summed E-state index contributed by atoms with van der Waals surface area (Å²) in [5, 5.41) is 3.90. The Kier molecular flexibility index (Phi) is 3.71. The van der Waals surface area contributed by atoms with E-state index in [1.165, 1.54) is 28.3 Å². The summed E-state index contributed by atoms with van der Waals surface area (Å²) in [6, 6.07) is 0. The van der Waals surface area contributed by atoms with Gasteiger partial charge in [0.15, 0.2) is 5.82 Å². The van der Waals surface area contributed by atoms with E-state index in [0.717, 1.165) is 0 Å². The molecular weight excluding hydrogens is 228 g/mol. The largest absolute Gasteiger partial charge is 0.381 e. The normalized spacial score (nSPS) is 11.9. The lowest BCUT2D eigenvalue weighted by Gasteiger charge is -2.13. The highest BCUT2D eigenvalue weighted by molar-refractivity contribution is 7.89. The lowest BCUT2D eigenvalue weighted by Crippen LogP contribution is -2.27. The topological polar surface area (TPSA) is 81.2 Å². The Labute approximate surface area is 95.4 Å². The van der Waals surface area contributed by atoms with Crippen LogP contribution < -0.4 is 5.73 Å². The fourth-order valence-electron chi connectivity index (χ4n) is 1.23. The predicted molar refractivity (Wildman–Crippen MR) is 62.3 cm³/mol. The summed E-state index contributed by atoms with van der Waals surface area (Å²) in [4.78, 5) is 0.0405. The summed E-state index contributed by atoms with van der Waals surface area (Å²) < 4.78 is 26.7. The van der Waals surface area contributed by atoms with Crippen molar-refractivity contribution < 1.29 is 8.42 Å². The molecule has 0 aliphatic carbocycles. The molecule has 0 saturated heterocycles. The van der Waals surface area contributed by atoms with Crippen LogP contribution in [0.25, 0.3) is 0 Å². The number of nitrogens with zero attached hydrogens (tertiary/aromatic N) is 3. The lowest BCUT2D eigenvalue weighted by atomic mass is 10.6. The van der Waals surface area contributed by atoms with Crippen LogP contribution in [-0.4, -0.2) is 36.1 Å². The van der Waals surface area contributed by atoms with Gasteiger partial charge in [0.25, 0.3) is 0 Å². The molecule has 1 rings (SSSR count). The predicted octanol–water partition coefficient (Wildman–Crippen LogP) is 0.292. The molecule has 0 amide bonds. The average Bonchev–Trinajstić information content (AvgIpc) is 2.60. The molecule has 0 atom stereocenters. The van der Waals surface area contributed by atoms with Gasteiger partial charge in [0.05, 0.1) is 0 Å². The van der Waals surface area contributed by atoms with Gasteiger partial charge in [-0.25, -0.2) is 8.42 Å². The van der Waals surface area contributed by atoms with E-state index in [1.807, 2.05) is 6.92 Å². The van der Waals surface area contributed by atoms with Crippen molar-refractivity contribution in [2.75, 3.05) is 19.3 Å². The number of nitrogens with two attached hydrogens (primary N) is 1. The monoisotopic (exact) mass is 244 g/mol. The number of sulfonamides is 1. The van der Waals surface area contributed by atoms with E-state index in [0.29, 0.717) is 6.54 Å². The van der Waals surface area contributed by atoms with Crippen LogP contribution in [0.4, 0.5) is 5.82 Å². The molecule has 0 spiro atoms. The molecule has 2 N–H and O–H groups in total. The molecule has 16 heavy (non-hydrogen) atoms. The van der Waals surface area contributed by atoms with Crippen LogP contribution in [0.5, 0.6) is 0 Å². The second kappa shape index (κ2) is 4.67. The molecule has 0 aliphatic rings. The van der Waals surface area contributed by atoms with Crippen molar-refractivity contribution in [3.05, 3.63) is 18.9 Å². The summed E-state index contributed by atoms with van der Waals surface area (Å²) in [5.41, 5.74) is 5.57. The van der Waals surface area contributed by atoms with Gasteiger partial charge in [-0.2, -0.15) is 9.40 Å². The number of rotatable bonds is 5. The molecule has 1 heterocycles. The third-order valence-corrected chi connectivity index (χ3v) is 3.99. The number of aromatic nitrogens is 2. The SMILES string of the molecule is C=CCN(C)S(=O)(=O)c1cn(CC)nc1N. The lowest BCUT2D eigenvalue weighted by molar-refractivity contribution is 0.499.